The molecule has 2 aliphatic rings. The van der Waals surface area contributed by atoms with Crippen molar-refractivity contribution in [1.82, 2.24) is 4.98 Å². The van der Waals surface area contributed by atoms with Crippen molar-refractivity contribution in [2.45, 2.75) is 51.4 Å². The summed E-state index contributed by atoms with van der Waals surface area (Å²) in [6.07, 6.45) is 9.63. The second kappa shape index (κ2) is 29.5. The van der Waals surface area contributed by atoms with Crippen LogP contribution < -0.4 is 33.4 Å². The van der Waals surface area contributed by atoms with Crippen molar-refractivity contribution >= 4 is 56.8 Å². The van der Waals surface area contributed by atoms with Gasteiger partial charge >= 0.3 is 23.9 Å². The first-order valence-corrected chi connectivity index (χ1v) is 25.8. The predicted octanol–water partition coefficient (Wildman–Crippen LogP) is 8.87. The quantitative estimate of drug-likeness (QED) is 0.00902. The lowest BCUT2D eigenvalue weighted by Gasteiger charge is -2.28. The van der Waals surface area contributed by atoms with Crippen molar-refractivity contribution in [1.29, 1.82) is 0 Å². The highest BCUT2D eigenvalue weighted by Gasteiger charge is 2.30. The normalized spacial score (nSPS) is 17.3. The first kappa shape index (κ1) is 55.4. The van der Waals surface area contributed by atoms with Crippen LogP contribution in [0, 0.1) is 23.7 Å². The molecule has 0 spiro atoms. The van der Waals surface area contributed by atoms with E-state index in [0.717, 1.165) is 48.1 Å². The lowest BCUT2D eigenvalue weighted by Crippen LogP contribution is -2.28. The molecule has 0 bridgehead atoms. The number of aromatic nitrogens is 1. The number of rotatable bonds is 29. The molecule has 2 saturated carbocycles. The highest BCUT2D eigenvalue weighted by atomic mass is 32.1. The lowest BCUT2D eigenvalue weighted by molar-refractivity contribution is -0.145. The molecule has 0 amide bonds. The highest BCUT2D eigenvalue weighted by Crippen LogP contribution is 2.35. The van der Waals surface area contributed by atoms with E-state index in [4.69, 9.17) is 62.6 Å². The van der Waals surface area contributed by atoms with E-state index in [1.165, 1.54) is 11.3 Å². The van der Waals surface area contributed by atoms with Crippen LogP contribution in [0.15, 0.2) is 121 Å². The summed E-state index contributed by atoms with van der Waals surface area (Å²) in [5.41, 5.74) is 1.56. The number of para-hydroxylation sites is 1. The molecule has 0 atom stereocenters. The summed E-state index contributed by atoms with van der Waals surface area (Å²) in [6.45, 7) is 8.71. The summed E-state index contributed by atoms with van der Waals surface area (Å²) < 4.78 is 57.1. The number of fused-ring (bicyclic) bond motifs is 1. The first-order chi connectivity index (χ1) is 36.7. The molecule has 0 radical (unpaired) electrons. The Morgan fingerprint density at radius 1 is 0.627 bits per heavy atom. The van der Waals surface area contributed by atoms with Crippen LogP contribution in [0.25, 0.3) is 10.2 Å². The zero-order chi connectivity index (χ0) is 52.6. The number of aliphatic hydroxyl groups is 1. The fourth-order valence-corrected chi connectivity index (χ4v) is 9.23. The van der Waals surface area contributed by atoms with Crippen molar-refractivity contribution in [3.8, 4) is 34.5 Å². The van der Waals surface area contributed by atoms with Gasteiger partial charge in [0.25, 0.3) is 0 Å². The van der Waals surface area contributed by atoms with Crippen molar-refractivity contribution in [2.75, 3.05) is 71.4 Å². The maximum atomic E-state index is 13.2. The Morgan fingerprint density at radius 3 is 1.69 bits per heavy atom. The van der Waals surface area contributed by atoms with E-state index in [2.05, 4.69) is 13.2 Å². The van der Waals surface area contributed by atoms with Crippen LogP contribution in [-0.2, 0) is 38.1 Å². The summed E-state index contributed by atoms with van der Waals surface area (Å²) in [5, 5.41) is 16.5. The minimum Gasteiger partial charge on any atom is -0.493 e. The third-order valence-corrected chi connectivity index (χ3v) is 13.5. The Bertz CT molecular complexity index is 2630. The van der Waals surface area contributed by atoms with Crippen molar-refractivity contribution in [3.05, 3.63) is 122 Å². The van der Waals surface area contributed by atoms with Crippen LogP contribution >= 0.6 is 11.3 Å². The van der Waals surface area contributed by atoms with Crippen molar-refractivity contribution in [3.63, 3.8) is 0 Å². The molecule has 0 unspecified atom stereocenters. The van der Waals surface area contributed by atoms with E-state index in [0.29, 0.717) is 110 Å². The molecule has 1 heterocycles. The number of nitrogens with zero attached hydrogens (tertiary/aromatic N) is 3. The minimum atomic E-state index is -0.591. The van der Waals surface area contributed by atoms with Gasteiger partial charge in [0, 0.05) is 17.7 Å². The molecular weight excluding hydrogens is 987 g/mol. The number of hydrogen-bond donors (Lipinski definition) is 1. The maximum Gasteiger partial charge on any atom is 0.333 e. The smallest absolute Gasteiger partial charge is 0.333 e. The Labute approximate surface area is 439 Å². The van der Waals surface area contributed by atoms with Gasteiger partial charge in [-0.3, -0.25) is 9.59 Å². The number of thiazole rings is 1. The number of benzene rings is 4. The molecule has 7 rings (SSSR count). The first-order valence-electron chi connectivity index (χ1n) is 25.0. The summed E-state index contributed by atoms with van der Waals surface area (Å²) in [6, 6.07) is 26.7. The number of carbonyl (C=O) groups excluding carboxylic acids is 4. The fourth-order valence-electron chi connectivity index (χ4n) is 8.28. The molecule has 2 aliphatic carbocycles. The lowest BCUT2D eigenvalue weighted by atomic mass is 9.82. The van der Waals surface area contributed by atoms with Crippen LogP contribution in [0.3, 0.4) is 0 Å². The Kier molecular flexibility index (Phi) is 21.8. The molecule has 0 saturated heterocycles. The van der Waals surface area contributed by atoms with E-state index in [1.807, 2.05) is 47.5 Å². The van der Waals surface area contributed by atoms with E-state index < -0.39 is 11.9 Å². The topological polar surface area (TPSA) is 209 Å². The van der Waals surface area contributed by atoms with Crippen LogP contribution in [0.5, 0.6) is 34.5 Å². The standard InChI is InChI=1S/C56H63N3O15S/c1-3-52(61)71-37-69-44-17-21-46(22-18-44)73-54(63)41-13-9-39(10-14-41)35-67-48-25-26-50(43(33-48)34-57-59(27-29-65-31-32-66-30-28-60)56-58-49-7-5-6-8-51(49)75-56)68-36-40-11-15-42(16-12-40)55(64)74-47-23-19-45(20-24-47)70-38-72-53(62)4-2/h3-8,17-26,33-34,39-42,60H,1-2,9-16,27-32,35-38H2/b57-34+. The van der Waals surface area contributed by atoms with E-state index in [9.17, 15) is 19.2 Å². The van der Waals surface area contributed by atoms with Crippen LogP contribution in [0.2, 0.25) is 0 Å². The van der Waals surface area contributed by atoms with E-state index in [1.54, 1.807) is 54.7 Å². The Balaban J connectivity index is 0.953. The zero-order valence-corrected chi connectivity index (χ0v) is 42.6. The minimum absolute atomic E-state index is 0.0543. The van der Waals surface area contributed by atoms with Crippen LogP contribution in [0.4, 0.5) is 5.13 Å². The van der Waals surface area contributed by atoms with Gasteiger partial charge in [0.15, 0.2) is 0 Å². The fraction of sp³-hybridized carbons (Fsp3) is 0.393. The summed E-state index contributed by atoms with van der Waals surface area (Å²) in [5.74, 6) is 1.16. The number of hydrogen-bond acceptors (Lipinski definition) is 19. The van der Waals surface area contributed by atoms with Gasteiger partial charge in [-0.05, 0) is 142 Å². The van der Waals surface area contributed by atoms with Gasteiger partial charge in [0.2, 0.25) is 18.7 Å². The number of hydrazone groups is 1. The number of ether oxygens (including phenoxy) is 10. The number of esters is 4. The Hall–Kier alpha value is -7.32. The average Bonchev–Trinajstić information content (AvgIpc) is 3.88. The van der Waals surface area contributed by atoms with Crippen molar-refractivity contribution < 1.29 is 71.7 Å². The number of carbonyl (C=O) groups is 4. The molecule has 75 heavy (non-hydrogen) atoms. The van der Waals surface area contributed by atoms with Gasteiger partial charge in [-0.25, -0.2) is 19.6 Å². The molecule has 19 heteroatoms. The van der Waals surface area contributed by atoms with Gasteiger partial charge < -0.3 is 52.5 Å². The summed E-state index contributed by atoms with van der Waals surface area (Å²) in [4.78, 5) is 53.7. The monoisotopic (exact) mass is 1050 g/mol. The maximum absolute atomic E-state index is 13.2. The molecule has 4 aromatic carbocycles. The van der Waals surface area contributed by atoms with Gasteiger partial charge in [-0.1, -0.05) is 36.6 Å². The van der Waals surface area contributed by atoms with Crippen LogP contribution in [-0.4, -0.2) is 107 Å². The van der Waals surface area contributed by atoms with Crippen LogP contribution in [0.1, 0.15) is 56.9 Å². The zero-order valence-electron chi connectivity index (χ0n) is 41.8. The molecular formula is C56H63N3O15S. The van der Waals surface area contributed by atoms with E-state index in [-0.39, 0.29) is 62.4 Å². The Morgan fingerprint density at radius 2 is 1.15 bits per heavy atom. The summed E-state index contributed by atoms with van der Waals surface area (Å²) in [7, 11) is 0. The van der Waals surface area contributed by atoms with E-state index >= 15 is 0 Å². The third-order valence-electron chi connectivity index (χ3n) is 12.5. The predicted molar refractivity (Wildman–Crippen MR) is 279 cm³/mol. The second-order valence-corrected chi connectivity index (χ2v) is 18.7. The summed E-state index contributed by atoms with van der Waals surface area (Å²) >= 11 is 1.52. The van der Waals surface area contributed by atoms with Gasteiger partial charge in [-0.2, -0.15) is 5.10 Å². The molecule has 1 N–H and O–H groups in total. The molecule has 398 valence electrons. The van der Waals surface area contributed by atoms with Crippen molar-refractivity contribution in [2.24, 2.45) is 28.8 Å². The molecule has 0 aliphatic heterocycles. The largest absolute Gasteiger partial charge is 0.493 e. The SMILES string of the molecule is C=CC(=O)OCOc1ccc(OC(=O)C2CCC(COc3ccc(OCC4CCC(C(=O)Oc5ccc(OCOC(=O)C=C)cc5)CC4)c(/C=N/N(CCOCCOCCO)c4nc5ccccc5s4)c3)CC2)cc1. The van der Waals surface area contributed by atoms with Gasteiger partial charge in [0.05, 0.1) is 81.1 Å². The molecule has 18 nitrogen and oxygen atoms in total. The number of aliphatic hydroxyl groups excluding tert-OH is 1. The van der Waals surface area contributed by atoms with Gasteiger partial charge in [0.1, 0.15) is 34.5 Å². The third kappa shape index (κ3) is 17.9. The van der Waals surface area contributed by atoms with Gasteiger partial charge in [-0.15, -0.1) is 0 Å². The average molecular weight is 1050 g/mol. The molecule has 5 aromatic rings. The highest BCUT2D eigenvalue weighted by molar-refractivity contribution is 7.22. The molecule has 1 aromatic heterocycles. The molecule has 2 fully saturated rings. The number of anilines is 1. The second-order valence-electron chi connectivity index (χ2n) is 17.7.